The van der Waals surface area contributed by atoms with Gasteiger partial charge in [-0.3, -0.25) is 14.9 Å². The molecule has 1 atom stereocenters. The van der Waals surface area contributed by atoms with Crippen LogP contribution in [-0.2, 0) is 4.79 Å². The van der Waals surface area contributed by atoms with E-state index in [0.717, 1.165) is 6.42 Å². The zero-order valence-electron chi connectivity index (χ0n) is 13.7. The summed E-state index contributed by atoms with van der Waals surface area (Å²) in [5, 5.41) is 13.4. The van der Waals surface area contributed by atoms with Gasteiger partial charge in [-0.2, -0.15) is 0 Å². The molecule has 0 heterocycles. The molecule has 126 valence electrons. The zero-order chi connectivity index (χ0) is 17.5. The first kappa shape index (κ1) is 17.5. The molecule has 24 heavy (non-hydrogen) atoms. The molecule has 0 spiro atoms. The Morgan fingerprint density at radius 1 is 1.21 bits per heavy atom. The predicted octanol–water partition coefficient (Wildman–Crippen LogP) is 4.13. The van der Waals surface area contributed by atoms with E-state index in [9.17, 15) is 14.9 Å². The Hall–Kier alpha value is -2.89. The van der Waals surface area contributed by atoms with E-state index in [2.05, 4.69) is 19.2 Å². The number of hydrogen-bond acceptors (Lipinski definition) is 4. The molecule has 0 radical (unpaired) electrons. The predicted molar refractivity (Wildman–Crippen MR) is 92.4 cm³/mol. The summed E-state index contributed by atoms with van der Waals surface area (Å²) in [6, 6.07) is 13.6. The molecule has 0 aliphatic carbocycles. The normalized spacial score (nSPS) is 11.6. The highest BCUT2D eigenvalue weighted by atomic mass is 16.6. The van der Waals surface area contributed by atoms with Gasteiger partial charge in [-0.05, 0) is 36.1 Å². The lowest BCUT2D eigenvalue weighted by Gasteiger charge is -2.11. The summed E-state index contributed by atoms with van der Waals surface area (Å²) in [5.74, 6) is 0.607. The molecule has 6 nitrogen and oxygen atoms in total. The molecular weight excluding hydrogens is 308 g/mol. The fourth-order valence-electron chi connectivity index (χ4n) is 2.20. The van der Waals surface area contributed by atoms with Gasteiger partial charge in [0.2, 0.25) is 0 Å². The lowest BCUT2D eigenvalue weighted by atomic mass is 9.99. The van der Waals surface area contributed by atoms with Crippen LogP contribution in [0.25, 0.3) is 0 Å². The topological polar surface area (TPSA) is 81.5 Å². The number of hydrogen-bond donors (Lipinski definition) is 1. The summed E-state index contributed by atoms with van der Waals surface area (Å²) in [4.78, 5) is 22.3. The van der Waals surface area contributed by atoms with Gasteiger partial charge in [-0.15, -0.1) is 0 Å². The fraction of sp³-hybridized carbons (Fsp3) is 0.278. The van der Waals surface area contributed by atoms with Crippen LogP contribution in [0.4, 0.5) is 11.4 Å². The van der Waals surface area contributed by atoms with E-state index in [0.29, 0.717) is 11.7 Å². The Morgan fingerprint density at radius 2 is 1.88 bits per heavy atom. The molecule has 1 amide bonds. The maximum atomic E-state index is 11.9. The largest absolute Gasteiger partial charge is 0.484 e. The average Bonchev–Trinajstić information content (AvgIpc) is 2.60. The molecule has 0 aromatic heterocycles. The molecular formula is C18H20N2O4. The first-order valence-electron chi connectivity index (χ1n) is 7.77. The number of carbonyl (C=O) groups excluding carboxylic acids is 1. The Bertz CT molecular complexity index is 713. The highest BCUT2D eigenvalue weighted by Gasteiger charge is 2.15. The smallest absolute Gasteiger partial charge is 0.292 e. The van der Waals surface area contributed by atoms with Gasteiger partial charge >= 0.3 is 0 Å². The average molecular weight is 328 g/mol. The van der Waals surface area contributed by atoms with Gasteiger partial charge in [0.25, 0.3) is 11.6 Å². The molecule has 0 bridgehead atoms. The van der Waals surface area contributed by atoms with Crippen molar-refractivity contribution in [1.29, 1.82) is 0 Å². The van der Waals surface area contributed by atoms with Gasteiger partial charge in [-0.25, -0.2) is 0 Å². The van der Waals surface area contributed by atoms with Crippen molar-refractivity contribution in [3.05, 3.63) is 64.2 Å². The number of ether oxygens (including phenoxy) is 1. The quantitative estimate of drug-likeness (QED) is 0.612. The lowest BCUT2D eigenvalue weighted by Crippen LogP contribution is -2.20. The minimum Gasteiger partial charge on any atom is -0.484 e. The number of nitro benzene ring substituents is 1. The standard InChI is InChI=1S/C18H20N2O4/c1-3-13(2)14-8-10-15(11-9-14)24-12-18(21)19-16-6-4-5-7-17(16)20(22)23/h4-11,13H,3,12H2,1-2H3,(H,19,21). The number of rotatable bonds is 7. The van der Waals surface area contributed by atoms with E-state index < -0.39 is 10.8 Å². The molecule has 2 aromatic rings. The van der Waals surface area contributed by atoms with Crippen LogP contribution in [0.1, 0.15) is 31.7 Å². The third-order valence-corrected chi connectivity index (χ3v) is 3.81. The number of para-hydroxylation sites is 2. The number of nitro groups is 1. The van der Waals surface area contributed by atoms with Crippen LogP contribution in [0, 0.1) is 10.1 Å². The molecule has 0 fully saturated rings. The summed E-state index contributed by atoms with van der Waals surface area (Å²) >= 11 is 0. The maximum absolute atomic E-state index is 11.9. The van der Waals surface area contributed by atoms with Crippen LogP contribution in [0.3, 0.4) is 0 Å². The highest BCUT2D eigenvalue weighted by Crippen LogP contribution is 2.23. The van der Waals surface area contributed by atoms with Crippen molar-refractivity contribution in [3.8, 4) is 5.75 Å². The van der Waals surface area contributed by atoms with Crippen molar-refractivity contribution in [2.75, 3.05) is 11.9 Å². The fourth-order valence-corrected chi connectivity index (χ4v) is 2.20. The molecule has 0 aliphatic rings. The number of amides is 1. The highest BCUT2D eigenvalue weighted by molar-refractivity contribution is 5.94. The van der Waals surface area contributed by atoms with Crippen molar-refractivity contribution in [3.63, 3.8) is 0 Å². The second-order valence-electron chi connectivity index (χ2n) is 5.49. The van der Waals surface area contributed by atoms with Crippen molar-refractivity contribution >= 4 is 17.3 Å². The van der Waals surface area contributed by atoms with Crippen LogP contribution in [-0.4, -0.2) is 17.4 Å². The molecule has 1 N–H and O–H groups in total. The summed E-state index contributed by atoms with van der Waals surface area (Å²) in [5.41, 5.74) is 1.22. The Labute approximate surface area is 140 Å². The zero-order valence-corrected chi connectivity index (χ0v) is 13.7. The van der Waals surface area contributed by atoms with Gasteiger partial charge in [0.1, 0.15) is 11.4 Å². The third-order valence-electron chi connectivity index (χ3n) is 3.81. The number of nitrogens with one attached hydrogen (secondary N) is 1. The summed E-state index contributed by atoms with van der Waals surface area (Å²) in [6.07, 6.45) is 1.05. The van der Waals surface area contributed by atoms with E-state index in [1.54, 1.807) is 12.1 Å². The van der Waals surface area contributed by atoms with Gasteiger partial charge in [0.05, 0.1) is 4.92 Å². The molecule has 0 aliphatic heterocycles. The molecule has 6 heteroatoms. The molecule has 2 rings (SSSR count). The van der Waals surface area contributed by atoms with E-state index in [1.165, 1.54) is 17.7 Å². The Kier molecular flexibility index (Phi) is 5.89. The maximum Gasteiger partial charge on any atom is 0.292 e. The van der Waals surface area contributed by atoms with Crippen molar-refractivity contribution in [2.45, 2.75) is 26.2 Å². The molecule has 0 saturated carbocycles. The molecule has 0 saturated heterocycles. The van der Waals surface area contributed by atoms with Crippen LogP contribution in [0.5, 0.6) is 5.75 Å². The second-order valence-corrected chi connectivity index (χ2v) is 5.49. The summed E-state index contributed by atoms with van der Waals surface area (Å²) in [7, 11) is 0. The van der Waals surface area contributed by atoms with Crippen molar-refractivity contribution < 1.29 is 14.5 Å². The third kappa shape index (κ3) is 4.55. The van der Waals surface area contributed by atoms with Crippen LogP contribution in [0.2, 0.25) is 0 Å². The van der Waals surface area contributed by atoms with Gasteiger partial charge < -0.3 is 10.1 Å². The van der Waals surface area contributed by atoms with E-state index >= 15 is 0 Å². The van der Waals surface area contributed by atoms with Crippen LogP contribution in [0.15, 0.2) is 48.5 Å². The molecule has 1 unspecified atom stereocenters. The lowest BCUT2D eigenvalue weighted by molar-refractivity contribution is -0.383. The minimum absolute atomic E-state index is 0.149. The summed E-state index contributed by atoms with van der Waals surface area (Å²) in [6.45, 7) is 4.06. The second kappa shape index (κ2) is 8.10. The number of nitrogens with zero attached hydrogens (tertiary/aromatic N) is 1. The van der Waals surface area contributed by atoms with E-state index in [1.807, 2.05) is 24.3 Å². The van der Waals surface area contributed by atoms with E-state index in [4.69, 9.17) is 4.74 Å². The van der Waals surface area contributed by atoms with Gasteiger partial charge in [0.15, 0.2) is 6.61 Å². The monoisotopic (exact) mass is 328 g/mol. The Morgan fingerprint density at radius 3 is 2.50 bits per heavy atom. The number of benzene rings is 2. The van der Waals surface area contributed by atoms with Gasteiger partial charge in [-0.1, -0.05) is 38.1 Å². The first-order chi connectivity index (χ1) is 11.5. The Balaban J connectivity index is 1.93. The van der Waals surface area contributed by atoms with Gasteiger partial charge in [0, 0.05) is 6.07 Å². The number of anilines is 1. The van der Waals surface area contributed by atoms with E-state index in [-0.39, 0.29) is 18.0 Å². The molecule has 2 aromatic carbocycles. The minimum atomic E-state index is -0.538. The van der Waals surface area contributed by atoms with Crippen molar-refractivity contribution in [1.82, 2.24) is 0 Å². The first-order valence-corrected chi connectivity index (χ1v) is 7.77. The van der Waals surface area contributed by atoms with Crippen LogP contribution < -0.4 is 10.1 Å². The summed E-state index contributed by atoms with van der Waals surface area (Å²) < 4.78 is 5.43. The van der Waals surface area contributed by atoms with Crippen molar-refractivity contribution in [2.24, 2.45) is 0 Å². The van der Waals surface area contributed by atoms with Crippen LogP contribution >= 0.6 is 0 Å². The number of carbonyl (C=O) groups is 1. The SMILES string of the molecule is CCC(C)c1ccc(OCC(=O)Nc2ccccc2[N+](=O)[O-])cc1.